The van der Waals surface area contributed by atoms with Gasteiger partial charge in [0, 0.05) is 28.7 Å². The van der Waals surface area contributed by atoms with Crippen LogP contribution < -0.4 is 0 Å². The molecule has 0 unspecified atom stereocenters. The molecule has 0 radical (unpaired) electrons. The van der Waals surface area contributed by atoms with Gasteiger partial charge in [-0.3, -0.25) is 9.59 Å². The molecule has 2 saturated heterocycles. The maximum atomic E-state index is 13.9. The molecule has 1 N–H and O–H groups in total. The lowest BCUT2D eigenvalue weighted by molar-refractivity contribution is -0.182. The van der Waals surface area contributed by atoms with Gasteiger partial charge in [0.15, 0.2) is 0 Å². The molecule has 2 heterocycles. The summed E-state index contributed by atoms with van der Waals surface area (Å²) in [5, 5.41) is 10.5. The molecule has 0 saturated carbocycles. The number of ether oxygens (including phenoxy) is 1. The number of aliphatic carboxylic acids is 1. The Balaban J connectivity index is 1.83. The van der Waals surface area contributed by atoms with Crippen molar-refractivity contribution in [1.29, 1.82) is 0 Å². The molecule has 206 valence electrons. The van der Waals surface area contributed by atoms with Gasteiger partial charge >= 0.3 is 5.97 Å². The third-order valence-electron chi connectivity index (χ3n) is 7.29. The summed E-state index contributed by atoms with van der Waals surface area (Å²) in [6, 6.07) is 12.4. The van der Waals surface area contributed by atoms with Crippen LogP contribution in [0, 0.1) is 0 Å². The zero-order valence-electron chi connectivity index (χ0n) is 21.3. The van der Waals surface area contributed by atoms with Crippen molar-refractivity contribution in [2.45, 2.75) is 69.9 Å². The molecule has 4 rings (SSSR count). The zero-order chi connectivity index (χ0) is 27.6. The van der Waals surface area contributed by atoms with E-state index in [1.165, 1.54) is 9.21 Å². The first-order chi connectivity index (χ1) is 18.0. The summed E-state index contributed by atoms with van der Waals surface area (Å²) in [5.74, 6) is -2.02. The zero-order valence-corrected chi connectivity index (χ0v) is 23.6. The van der Waals surface area contributed by atoms with Crippen LogP contribution in [0.5, 0.6) is 0 Å². The Morgan fingerprint density at radius 3 is 2.42 bits per heavy atom. The number of amides is 1. The number of carboxylic acid groups (broad SMARTS) is 1. The van der Waals surface area contributed by atoms with Gasteiger partial charge < -0.3 is 14.7 Å². The summed E-state index contributed by atoms with van der Waals surface area (Å²) >= 11 is 12.4. The molecule has 2 aliphatic rings. The van der Waals surface area contributed by atoms with Gasteiger partial charge in [-0.05, 0) is 61.6 Å². The summed E-state index contributed by atoms with van der Waals surface area (Å²) in [4.78, 5) is 27.1. The van der Waals surface area contributed by atoms with Gasteiger partial charge in [0.2, 0.25) is 10.0 Å². The molecule has 2 aromatic carbocycles. The average molecular weight is 584 g/mol. The van der Waals surface area contributed by atoms with E-state index in [2.05, 4.69) is 0 Å². The molecule has 2 fully saturated rings. The topological polar surface area (TPSA) is 104 Å². The molecule has 0 bridgehead atoms. The van der Waals surface area contributed by atoms with E-state index in [0.717, 1.165) is 12.8 Å². The molecule has 0 aliphatic carbocycles. The second-order valence-corrected chi connectivity index (χ2v) is 12.7. The third kappa shape index (κ3) is 6.18. The van der Waals surface area contributed by atoms with E-state index in [-0.39, 0.29) is 11.8 Å². The highest BCUT2D eigenvalue weighted by Crippen LogP contribution is 2.45. The van der Waals surface area contributed by atoms with E-state index >= 15 is 0 Å². The van der Waals surface area contributed by atoms with Gasteiger partial charge in [-0.2, -0.15) is 4.31 Å². The number of nitrogens with zero attached hydrogens (tertiary/aromatic N) is 2. The molecule has 0 aromatic heterocycles. The number of hydrogen-bond acceptors (Lipinski definition) is 5. The lowest BCUT2D eigenvalue weighted by Gasteiger charge is -2.48. The Morgan fingerprint density at radius 1 is 1.13 bits per heavy atom. The molecule has 2 aromatic rings. The first kappa shape index (κ1) is 28.8. The van der Waals surface area contributed by atoms with E-state index in [9.17, 15) is 23.1 Å². The van der Waals surface area contributed by atoms with Gasteiger partial charge in [-0.1, -0.05) is 54.4 Å². The van der Waals surface area contributed by atoms with Crippen molar-refractivity contribution in [3.8, 4) is 0 Å². The maximum Gasteiger partial charge on any atom is 0.306 e. The van der Waals surface area contributed by atoms with Crippen molar-refractivity contribution >= 4 is 45.1 Å². The molecule has 0 spiro atoms. The van der Waals surface area contributed by atoms with Crippen LogP contribution in [0.3, 0.4) is 0 Å². The van der Waals surface area contributed by atoms with Crippen LogP contribution in [0.4, 0.5) is 0 Å². The molecule has 5 atom stereocenters. The van der Waals surface area contributed by atoms with E-state index in [1.54, 1.807) is 48.5 Å². The molecule has 38 heavy (non-hydrogen) atoms. The first-order valence-electron chi connectivity index (χ1n) is 12.7. The van der Waals surface area contributed by atoms with Crippen molar-refractivity contribution in [3.63, 3.8) is 0 Å². The number of sulfonamides is 1. The summed E-state index contributed by atoms with van der Waals surface area (Å²) in [6.45, 7) is 4.17. The van der Waals surface area contributed by atoms with Crippen LogP contribution in [0.1, 0.15) is 62.8 Å². The van der Waals surface area contributed by atoms with Crippen LogP contribution in [-0.4, -0.2) is 65.1 Å². The number of carboxylic acids is 1. The number of morpholine rings is 1. The fraction of sp³-hybridized carbons (Fsp3) is 0.481. The number of hydrogen-bond donors (Lipinski definition) is 1. The van der Waals surface area contributed by atoms with Crippen LogP contribution in [0.25, 0.3) is 0 Å². The number of rotatable bonds is 9. The van der Waals surface area contributed by atoms with Crippen molar-refractivity contribution in [3.05, 3.63) is 69.7 Å². The Morgan fingerprint density at radius 2 is 1.84 bits per heavy atom. The summed E-state index contributed by atoms with van der Waals surface area (Å²) in [7, 11) is -3.69. The second kappa shape index (κ2) is 11.9. The summed E-state index contributed by atoms with van der Waals surface area (Å²) in [5.41, 5.74) is 1.34. The standard InChI is InChI=1S/C27H32Cl2N2O6S/c1-3-22(16-38(35,36)30-13-5-6-17(30)2)31-25(18-9-11-20(28)12-10-18)26(19-7-4-8-21(29)14-19)37-23(27(31)34)15-24(32)33/h4,7-12,14,17,22-23,25-26H,3,5-6,13,15-16H2,1-2H3,(H,32,33)/t17-,22+,23-,25+,26+/m0/s1. The highest BCUT2D eigenvalue weighted by molar-refractivity contribution is 7.89. The number of carbonyl (C=O) groups is 2. The fourth-order valence-electron chi connectivity index (χ4n) is 5.45. The van der Waals surface area contributed by atoms with Gasteiger partial charge in [-0.15, -0.1) is 0 Å². The normalized spacial score (nSPS) is 25.5. The second-order valence-electron chi connectivity index (χ2n) is 9.88. The minimum absolute atomic E-state index is 0.107. The highest BCUT2D eigenvalue weighted by atomic mass is 35.5. The van der Waals surface area contributed by atoms with Gasteiger partial charge in [0.25, 0.3) is 5.91 Å². The van der Waals surface area contributed by atoms with Crippen LogP contribution in [0.15, 0.2) is 48.5 Å². The molecule has 8 nitrogen and oxygen atoms in total. The van der Waals surface area contributed by atoms with Crippen LogP contribution in [0.2, 0.25) is 10.0 Å². The van der Waals surface area contributed by atoms with E-state index < -0.39 is 52.6 Å². The first-order valence-corrected chi connectivity index (χ1v) is 15.1. The third-order valence-corrected chi connectivity index (χ3v) is 9.84. The monoisotopic (exact) mass is 582 g/mol. The Labute approximate surface area is 233 Å². The van der Waals surface area contributed by atoms with Crippen molar-refractivity contribution in [2.24, 2.45) is 0 Å². The minimum atomic E-state index is -3.69. The maximum absolute atomic E-state index is 13.9. The lowest BCUT2D eigenvalue weighted by Crippen LogP contribution is -2.57. The summed E-state index contributed by atoms with van der Waals surface area (Å²) < 4.78 is 34.8. The Bertz CT molecular complexity index is 1270. The molecule has 2 aliphatic heterocycles. The van der Waals surface area contributed by atoms with Crippen molar-refractivity contribution < 1.29 is 27.9 Å². The van der Waals surface area contributed by atoms with E-state index in [4.69, 9.17) is 27.9 Å². The molecule has 1 amide bonds. The number of benzene rings is 2. The highest BCUT2D eigenvalue weighted by Gasteiger charge is 2.48. The SMILES string of the molecule is CC[C@H](CS(=O)(=O)N1CCC[C@@H]1C)N1C(=O)[C@H](CC(=O)O)O[C@H](c2cccc(Cl)c2)[C@H]1c1ccc(Cl)cc1. The lowest BCUT2D eigenvalue weighted by atomic mass is 9.89. The quantitative estimate of drug-likeness (QED) is 0.442. The Hall–Kier alpha value is -2.17. The molecular formula is C27H32Cl2N2O6S. The van der Waals surface area contributed by atoms with Gasteiger partial charge in [-0.25, -0.2) is 8.42 Å². The molecule has 11 heteroatoms. The fourth-order valence-corrected chi connectivity index (χ4v) is 7.91. The smallest absolute Gasteiger partial charge is 0.306 e. The van der Waals surface area contributed by atoms with Crippen molar-refractivity contribution in [2.75, 3.05) is 12.3 Å². The number of carbonyl (C=O) groups excluding carboxylic acids is 1. The van der Waals surface area contributed by atoms with Crippen molar-refractivity contribution in [1.82, 2.24) is 9.21 Å². The van der Waals surface area contributed by atoms with Crippen LogP contribution >= 0.6 is 23.2 Å². The average Bonchev–Trinajstić information content (AvgIpc) is 3.31. The number of halogens is 2. The van der Waals surface area contributed by atoms with E-state index in [1.807, 2.05) is 13.8 Å². The van der Waals surface area contributed by atoms with Gasteiger partial charge in [0.05, 0.1) is 18.2 Å². The predicted octanol–water partition coefficient (Wildman–Crippen LogP) is 5.07. The van der Waals surface area contributed by atoms with Crippen LogP contribution in [-0.2, 0) is 24.3 Å². The predicted molar refractivity (Wildman–Crippen MR) is 146 cm³/mol. The van der Waals surface area contributed by atoms with Gasteiger partial charge in [0.1, 0.15) is 12.2 Å². The Kier molecular flexibility index (Phi) is 9.04. The molecular weight excluding hydrogens is 551 g/mol. The minimum Gasteiger partial charge on any atom is -0.481 e. The van der Waals surface area contributed by atoms with E-state index in [0.29, 0.717) is 34.1 Å². The summed E-state index contributed by atoms with van der Waals surface area (Å²) in [6.07, 6.45) is -0.705. The largest absolute Gasteiger partial charge is 0.481 e.